The van der Waals surface area contributed by atoms with Gasteiger partial charge in [0.25, 0.3) is 0 Å². The minimum Gasteiger partial charge on any atom is -0.495 e. The number of nitrogens with one attached hydrogen (secondary N) is 1. The number of hydrogen-bond acceptors (Lipinski definition) is 4. The molecule has 7 heteroatoms. The van der Waals surface area contributed by atoms with Crippen LogP contribution in [-0.4, -0.2) is 34.2 Å². The summed E-state index contributed by atoms with van der Waals surface area (Å²) in [6.45, 7) is 1.59. The number of amides is 1. The van der Waals surface area contributed by atoms with Crippen molar-refractivity contribution in [2.75, 3.05) is 24.2 Å². The van der Waals surface area contributed by atoms with Crippen LogP contribution >= 0.6 is 0 Å². The molecule has 0 saturated carbocycles. The number of rotatable bonds is 7. The van der Waals surface area contributed by atoms with Crippen LogP contribution in [0.5, 0.6) is 5.75 Å². The van der Waals surface area contributed by atoms with Crippen LogP contribution < -0.4 is 14.4 Å². The van der Waals surface area contributed by atoms with E-state index < -0.39 is 10.0 Å². The summed E-state index contributed by atoms with van der Waals surface area (Å²) in [6.07, 6.45) is 4.43. The standard InChI is InChI=1S/C21H26N2O4S/c1-15(17-12-11-16-7-6-8-18(16)13-17)22-21(24)14-23(28(3,25)26)19-9-4-5-10-20(19)27-2/h4-5,9-13,15H,6-8,14H2,1-3H3,(H,22,24)/t15-/m1/s1. The molecule has 3 rings (SSSR count). The summed E-state index contributed by atoms with van der Waals surface area (Å²) in [6, 6.07) is 12.8. The van der Waals surface area contributed by atoms with E-state index in [1.54, 1.807) is 24.3 Å². The first-order valence-corrected chi connectivity index (χ1v) is 11.2. The fourth-order valence-corrected chi connectivity index (χ4v) is 4.44. The Kier molecular flexibility index (Phi) is 5.93. The molecule has 1 N–H and O–H groups in total. The van der Waals surface area contributed by atoms with Gasteiger partial charge >= 0.3 is 0 Å². The van der Waals surface area contributed by atoms with Crippen molar-refractivity contribution in [1.29, 1.82) is 0 Å². The zero-order valence-corrected chi connectivity index (χ0v) is 17.3. The molecule has 0 radical (unpaired) electrons. The Morgan fingerprint density at radius 1 is 1.18 bits per heavy atom. The van der Waals surface area contributed by atoms with Gasteiger partial charge in [0.15, 0.2) is 0 Å². The Labute approximate surface area is 166 Å². The van der Waals surface area contributed by atoms with Gasteiger partial charge in [-0.3, -0.25) is 9.10 Å². The van der Waals surface area contributed by atoms with Gasteiger partial charge in [-0.25, -0.2) is 8.42 Å². The highest BCUT2D eigenvalue weighted by Gasteiger charge is 2.24. The number of aryl methyl sites for hydroxylation is 2. The van der Waals surface area contributed by atoms with Gasteiger partial charge < -0.3 is 10.1 Å². The van der Waals surface area contributed by atoms with Gasteiger partial charge in [0.2, 0.25) is 15.9 Å². The number of hydrogen-bond donors (Lipinski definition) is 1. The summed E-state index contributed by atoms with van der Waals surface area (Å²) >= 11 is 0. The molecular weight excluding hydrogens is 376 g/mol. The molecule has 6 nitrogen and oxygen atoms in total. The van der Waals surface area contributed by atoms with E-state index in [1.165, 1.54) is 24.7 Å². The lowest BCUT2D eigenvalue weighted by atomic mass is 10.0. The average molecular weight is 403 g/mol. The molecule has 1 atom stereocenters. The monoisotopic (exact) mass is 402 g/mol. The number of para-hydroxylation sites is 2. The van der Waals surface area contributed by atoms with Gasteiger partial charge in [-0.2, -0.15) is 0 Å². The molecule has 150 valence electrons. The molecule has 0 unspecified atom stereocenters. The molecule has 0 bridgehead atoms. The van der Waals surface area contributed by atoms with Gasteiger partial charge in [-0.1, -0.05) is 30.3 Å². The third-order valence-corrected chi connectivity index (χ3v) is 6.17. The maximum absolute atomic E-state index is 12.6. The maximum atomic E-state index is 12.6. The van der Waals surface area contributed by atoms with Crippen molar-refractivity contribution in [3.05, 3.63) is 59.2 Å². The van der Waals surface area contributed by atoms with E-state index in [-0.39, 0.29) is 18.5 Å². The molecule has 0 heterocycles. The van der Waals surface area contributed by atoms with E-state index in [2.05, 4.69) is 17.4 Å². The number of anilines is 1. The SMILES string of the molecule is COc1ccccc1N(CC(=O)N[C@H](C)c1ccc2c(c1)CCC2)S(C)(=O)=O. The van der Waals surface area contributed by atoms with Crippen molar-refractivity contribution in [2.24, 2.45) is 0 Å². The summed E-state index contributed by atoms with van der Waals surface area (Å²) in [5.41, 5.74) is 4.08. The molecule has 1 amide bonds. The lowest BCUT2D eigenvalue weighted by molar-refractivity contribution is -0.120. The highest BCUT2D eigenvalue weighted by atomic mass is 32.2. The fraction of sp³-hybridized carbons (Fsp3) is 0.381. The van der Waals surface area contributed by atoms with Crippen LogP contribution in [0, 0.1) is 0 Å². The molecule has 0 saturated heterocycles. The number of nitrogens with zero attached hydrogens (tertiary/aromatic N) is 1. The van der Waals surface area contributed by atoms with Gasteiger partial charge in [0.05, 0.1) is 25.1 Å². The summed E-state index contributed by atoms with van der Waals surface area (Å²) in [5, 5.41) is 2.91. The van der Waals surface area contributed by atoms with E-state index in [0.717, 1.165) is 29.0 Å². The Morgan fingerprint density at radius 2 is 1.89 bits per heavy atom. The van der Waals surface area contributed by atoms with Crippen LogP contribution in [-0.2, 0) is 27.7 Å². The number of benzene rings is 2. The molecule has 0 aromatic heterocycles. The van der Waals surface area contributed by atoms with Crippen molar-refractivity contribution in [3.63, 3.8) is 0 Å². The molecule has 0 fully saturated rings. The van der Waals surface area contributed by atoms with Gasteiger partial charge in [0, 0.05) is 0 Å². The van der Waals surface area contributed by atoms with E-state index in [4.69, 9.17) is 4.74 Å². The Balaban J connectivity index is 1.75. The zero-order valence-electron chi connectivity index (χ0n) is 16.4. The molecule has 0 aliphatic heterocycles. The number of methoxy groups -OCH3 is 1. The van der Waals surface area contributed by atoms with Crippen LogP contribution in [0.25, 0.3) is 0 Å². The van der Waals surface area contributed by atoms with Crippen LogP contribution in [0.1, 0.15) is 36.1 Å². The highest BCUT2D eigenvalue weighted by Crippen LogP contribution is 2.29. The second kappa shape index (κ2) is 8.22. The van der Waals surface area contributed by atoms with Crippen LogP contribution in [0.2, 0.25) is 0 Å². The average Bonchev–Trinajstić information content (AvgIpc) is 3.13. The lowest BCUT2D eigenvalue weighted by Gasteiger charge is -2.24. The second-order valence-corrected chi connectivity index (χ2v) is 9.02. The molecule has 1 aliphatic carbocycles. The topological polar surface area (TPSA) is 75.7 Å². The normalized spacial score (nSPS) is 14.2. The predicted molar refractivity (Wildman–Crippen MR) is 110 cm³/mol. The Bertz CT molecular complexity index is 972. The van der Waals surface area contributed by atoms with Crippen molar-refractivity contribution in [2.45, 2.75) is 32.2 Å². The minimum absolute atomic E-state index is 0.211. The first kappa shape index (κ1) is 20.2. The Hall–Kier alpha value is -2.54. The smallest absolute Gasteiger partial charge is 0.241 e. The van der Waals surface area contributed by atoms with Crippen molar-refractivity contribution in [1.82, 2.24) is 5.32 Å². The first-order valence-electron chi connectivity index (χ1n) is 9.31. The van der Waals surface area contributed by atoms with Gasteiger partial charge in [0.1, 0.15) is 12.3 Å². The van der Waals surface area contributed by atoms with Gasteiger partial charge in [-0.05, 0) is 55.0 Å². The summed E-state index contributed by atoms with van der Waals surface area (Å²) in [5.74, 6) is 0.0247. The van der Waals surface area contributed by atoms with Crippen LogP contribution in [0.3, 0.4) is 0 Å². The summed E-state index contributed by atoms with van der Waals surface area (Å²) < 4.78 is 30.9. The Morgan fingerprint density at radius 3 is 2.61 bits per heavy atom. The van der Waals surface area contributed by atoms with Crippen LogP contribution in [0.4, 0.5) is 5.69 Å². The largest absolute Gasteiger partial charge is 0.495 e. The minimum atomic E-state index is -3.66. The second-order valence-electron chi connectivity index (χ2n) is 7.11. The molecule has 2 aromatic carbocycles. The van der Waals surface area contributed by atoms with E-state index in [0.29, 0.717) is 11.4 Å². The zero-order chi connectivity index (χ0) is 20.3. The quantitative estimate of drug-likeness (QED) is 0.773. The molecule has 2 aromatic rings. The summed E-state index contributed by atoms with van der Waals surface area (Å²) in [4.78, 5) is 12.6. The van der Waals surface area contributed by atoms with Gasteiger partial charge in [-0.15, -0.1) is 0 Å². The number of sulfonamides is 1. The van der Waals surface area contributed by atoms with E-state index >= 15 is 0 Å². The first-order chi connectivity index (χ1) is 13.3. The number of carbonyl (C=O) groups is 1. The molecule has 1 aliphatic rings. The number of ether oxygens (including phenoxy) is 1. The van der Waals surface area contributed by atoms with Crippen molar-refractivity contribution in [3.8, 4) is 5.75 Å². The maximum Gasteiger partial charge on any atom is 0.241 e. The van der Waals surface area contributed by atoms with Crippen molar-refractivity contribution >= 4 is 21.6 Å². The predicted octanol–water partition coefficient (Wildman–Crippen LogP) is 2.83. The van der Waals surface area contributed by atoms with E-state index in [9.17, 15) is 13.2 Å². The third-order valence-electron chi connectivity index (χ3n) is 5.04. The molecule has 0 spiro atoms. The third kappa shape index (κ3) is 4.47. The van der Waals surface area contributed by atoms with E-state index in [1.807, 2.05) is 13.0 Å². The number of carbonyl (C=O) groups excluding carboxylic acids is 1. The van der Waals surface area contributed by atoms with Crippen molar-refractivity contribution < 1.29 is 17.9 Å². The molecule has 28 heavy (non-hydrogen) atoms. The van der Waals surface area contributed by atoms with Crippen LogP contribution in [0.15, 0.2) is 42.5 Å². The number of fused-ring (bicyclic) bond motifs is 1. The molecular formula is C21H26N2O4S. The summed E-state index contributed by atoms with van der Waals surface area (Å²) in [7, 11) is -2.19. The highest BCUT2D eigenvalue weighted by molar-refractivity contribution is 7.92. The lowest BCUT2D eigenvalue weighted by Crippen LogP contribution is -2.41. The fourth-order valence-electron chi connectivity index (χ4n) is 3.58.